The van der Waals surface area contributed by atoms with Gasteiger partial charge in [-0.3, -0.25) is 4.79 Å². The van der Waals surface area contributed by atoms with E-state index in [2.05, 4.69) is 0 Å². The molecule has 148 valence electrons. The minimum absolute atomic E-state index is 0.208. The fourth-order valence-electron chi connectivity index (χ4n) is 3.11. The predicted molar refractivity (Wildman–Crippen MR) is 114 cm³/mol. The second-order valence-corrected chi connectivity index (χ2v) is 10.1. The van der Waals surface area contributed by atoms with Crippen molar-refractivity contribution in [3.8, 4) is 0 Å². The Morgan fingerprint density at radius 2 is 1.71 bits per heavy atom. The third kappa shape index (κ3) is 4.62. The average Bonchev–Trinajstić information content (AvgIpc) is 2.58. The number of halogens is 3. The fraction of sp³-hybridized carbons (Fsp3) is 0.333. The van der Waals surface area contributed by atoms with Crippen LogP contribution in [0.1, 0.15) is 32.8 Å². The van der Waals surface area contributed by atoms with Crippen LogP contribution in [0, 0.1) is 0 Å². The van der Waals surface area contributed by atoms with E-state index in [4.69, 9.17) is 39.5 Å². The van der Waals surface area contributed by atoms with E-state index in [1.807, 2.05) is 42.5 Å². The highest BCUT2D eigenvalue weighted by atomic mass is 35.6. The van der Waals surface area contributed by atoms with Gasteiger partial charge in [0.25, 0.3) is 5.91 Å². The molecule has 2 aromatic carbocycles. The summed E-state index contributed by atoms with van der Waals surface area (Å²) in [7, 11) is 0. The minimum atomic E-state index is -1.86. The highest BCUT2D eigenvalue weighted by molar-refractivity contribution is 6.68. The first kappa shape index (κ1) is 21.0. The van der Waals surface area contributed by atoms with Gasteiger partial charge in [0.05, 0.1) is 6.04 Å². The van der Waals surface area contributed by atoms with Crippen LogP contribution in [0.3, 0.4) is 0 Å². The van der Waals surface area contributed by atoms with Gasteiger partial charge in [-0.1, -0.05) is 71.2 Å². The maximum Gasteiger partial charge on any atom is 0.417 e. The number of hydrogen-bond donors (Lipinski definition) is 0. The van der Waals surface area contributed by atoms with Crippen LogP contribution >= 0.6 is 34.8 Å². The molecule has 3 rings (SSSR count). The van der Waals surface area contributed by atoms with E-state index in [0.717, 1.165) is 21.2 Å². The molecule has 0 saturated carbocycles. The lowest BCUT2D eigenvalue weighted by molar-refractivity contribution is -0.127. The second kappa shape index (κ2) is 7.58. The van der Waals surface area contributed by atoms with Gasteiger partial charge in [-0.05, 0) is 55.2 Å². The molecule has 0 radical (unpaired) electrons. The van der Waals surface area contributed by atoms with Gasteiger partial charge in [0.2, 0.25) is 3.79 Å². The van der Waals surface area contributed by atoms with E-state index in [0.29, 0.717) is 5.57 Å². The van der Waals surface area contributed by atoms with Crippen LogP contribution in [-0.2, 0) is 9.53 Å². The summed E-state index contributed by atoms with van der Waals surface area (Å²) in [5.41, 5.74) is 0.764. The molecule has 2 aromatic rings. The molecule has 0 unspecified atom stereocenters. The number of ether oxygens (including phenoxy) is 1. The van der Waals surface area contributed by atoms with Crippen LogP contribution in [-0.4, -0.2) is 32.3 Å². The lowest BCUT2D eigenvalue weighted by atomic mass is 9.93. The van der Waals surface area contributed by atoms with Gasteiger partial charge >= 0.3 is 6.09 Å². The fourth-order valence-corrected chi connectivity index (χ4v) is 3.64. The van der Waals surface area contributed by atoms with E-state index < -0.39 is 27.4 Å². The first-order valence-electron chi connectivity index (χ1n) is 8.78. The molecule has 4 nitrogen and oxygen atoms in total. The SMILES string of the molecule is CC(C)(C)OC(=O)N1C(=O)C=C(c2ccc3ccccc3c2)C[C@H]1C(Cl)(Cl)Cl. The van der Waals surface area contributed by atoms with Crippen molar-refractivity contribution in [1.29, 1.82) is 0 Å². The topological polar surface area (TPSA) is 46.6 Å². The van der Waals surface area contributed by atoms with Gasteiger partial charge in [0.15, 0.2) is 0 Å². The molecule has 28 heavy (non-hydrogen) atoms. The number of rotatable bonds is 1. The van der Waals surface area contributed by atoms with E-state index in [1.54, 1.807) is 20.8 Å². The first-order chi connectivity index (χ1) is 13.0. The minimum Gasteiger partial charge on any atom is -0.443 e. The summed E-state index contributed by atoms with van der Waals surface area (Å²) < 4.78 is 3.47. The molecule has 0 N–H and O–H groups in total. The predicted octanol–water partition coefficient (Wildman–Crippen LogP) is 6.13. The smallest absolute Gasteiger partial charge is 0.417 e. The van der Waals surface area contributed by atoms with Crippen molar-refractivity contribution < 1.29 is 14.3 Å². The zero-order valence-corrected chi connectivity index (χ0v) is 18.0. The molecule has 1 aliphatic rings. The summed E-state index contributed by atoms with van der Waals surface area (Å²) in [6.07, 6.45) is 0.781. The van der Waals surface area contributed by atoms with Crippen LogP contribution in [0.15, 0.2) is 48.5 Å². The monoisotopic (exact) mass is 439 g/mol. The number of carbonyl (C=O) groups excluding carboxylic acids is 2. The Bertz CT molecular complexity index is 957. The summed E-state index contributed by atoms with van der Waals surface area (Å²) in [4.78, 5) is 26.3. The molecule has 2 amide bonds. The average molecular weight is 441 g/mol. The quantitative estimate of drug-likeness (QED) is 0.501. The van der Waals surface area contributed by atoms with Crippen LogP contribution in [0.25, 0.3) is 16.3 Å². The molecule has 0 aliphatic carbocycles. The number of nitrogens with zero attached hydrogens (tertiary/aromatic N) is 1. The molecule has 1 heterocycles. The maximum absolute atomic E-state index is 12.8. The van der Waals surface area contributed by atoms with Crippen LogP contribution in [0.5, 0.6) is 0 Å². The van der Waals surface area contributed by atoms with E-state index >= 15 is 0 Å². The number of alkyl halides is 3. The molecular formula is C21H20Cl3NO3. The Morgan fingerprint density at radius 1 is 1.07 bits per heavy atom. The standard InChI is InChI=1S/C21H20Cl3NO3/c1-20(2,3)28-19(27)25-17(21(22,23)24)11-16(12-18(25)26)15-9-8-13-6-4-5-7-14(13)10-15/h4-10,12,17H,11H2,1-3H3/t17-/m0/s1. The number of fused-ring (bicyclic) bond motifs is 1. The van der Waals surface area contributed by atoms with Crippen LogP contribution in [0.4, 0.5) is 4.79 Å². The molecule has 0 spiro atoms. The van der Waals surface area contributed by atoms with Gasteiger partial charge in [-0.2, -0.15) is 0 Å². The summed E-state index contributed by atoms with van der Waals surface area (Å²) in [5, 5.41) is 2.12. The zero-order chi connectivity index (χ0) is 20.7. The third-order valence-electron chi connectivity index (χ3n) is 4.35. The number of benzene rings is 2. The molecular weight excluding hydrogens is 421 g/mol. The highest BCUT2D eigenvalue weighted by Gasteiger charge is 2.46. The Labute approximate surface area is 179 Å². The second-order valence-electron chi connectivity index (χ2n) is 7.68. The molecule has 0 aromatic heterocycles. The van der Waals surface area contributed by atoms with Crippen LogP contribution in [0.2, 0.25) is 0 Å². The molecule has 1 aliphatic heterocycles. The van der Waals surface area contributed by atoms with Gasteiger partial charge in [-0.25, -0.2) is 9.69 Å². The van der Waals surface area contributed by atoms with E-state index in [-0.39, 0.29) is 6.42 Å². The highest BCUT2D eigenvalue weighted by Crippen LogP contribution is 2.41. The Morgan fingerprint density at radius 3 is 2.32 bits per heavy atom. The van der Waals surface area contributed by atoms with Crippen molar-refractivity contribution in [2.24, 2.45) is 0 Å². The molecule has 0 saturated heterocycles. The summed E-state index contributed by atoms with van der Waals surface area (Å²) in [5.74, 6) is -0.569. The third-order valence-corrected chi connectivity index (χ3v) is 5.10. The van der Waals surface area contributed by atoms with Gasteiger partial charge in [-0.15, -0.1) is 0 Å². The van der Waals surface area contributed by atoms with Crippen molar-refractivity contribution >= 4 is 63.1 Å². The van der Waals surface area contributed by atoms with Crippen LogP contribution < -0.4 is 0 Å². The molecule has 1 atom stereocenters. The van der Waals surface area contributed by atoms with Crippen molar-refractivity contribution in [3.05, 3.63) is 54.1 Å². The number of carbonyl (C=O) groups is 2. The van der Waals surface area contributed by atoms with Crippen molar-refractivity contribution in [1.82, 2.24) is 4.90 Å². The zero-order valence-electron chi connectivity index (χ0n) is 15.7. The molecule has 0 fully saturated rings. The number of imide groups is 1. The Balaban J connectivity index is 2.00. The molecule has 0 bridgehead atoms. The Hall–Kier alpha value is -1.75. The first-order valence-corrected chi connectivity index (χ1v) is 9.92. The lowest BCUT2D eigenvalue weighted by Crippen LogP contribution is -2.53. The van der Waals surface area contributed by atoms with Gasteiger partial charge in [0.1, 0.15) is 5.60 Å². The largest absolute Gasteiger partial charge is 0.443 e. The number of amides is 2. The van der Waals surface area contributed by atoms with Crippen molar-refractivity contribution in [2.75, 3.05) is 0 Å². The lowest BCUT2D eigenvalue weighted by Gasteiger charge is -2.38. The van der Waals surface area contributed by atoms with E-state index in [1.165, 1.54) is 6.08 Å². The van der Waals surface area contributed by atoms with Gasteiger partial charge in [0, 0.05) is 6.08 Å². The van der Waals surface area contributed by atoms with Crippen molar-refractivity contribution in [3.63, 3.8) is 0 Å². The Kier molecular flexibility index (Phi) is 5.68. The van der Waals surface area contributed by atoms with E-state index in [9.17, 15) is 9.59 Å². The maximum atomic E-state index is 12.8. The summed E-state index contributed by atoms with van der Waals surface area (Å²) in [6.45, 7) is 5.13. The normalized spacial score (nSPS) is 18.2. The van der Waals surface area contributed by atoms with Crippen molar-refractivity contribution in [2.45, 2.75) is 42.6 Å². The summed E-state index contributed by atoms with van der Waals surface area (Å²) >= 11 is 18.4. The summed E-state index contributed by atoms with van der Waals surface area (Å²) in [6, 6.07) is 12.8. The molecule has 7 heteroatoms. The van der Waals surface area contributed by atoms with Gasteiger partial charge < -0.3 is 4.74 Å². The number of hydrogen-bond acceptors (Lipinski definition) is 3.